The van der Waals surface area contributed by atoms with E-state index in [1.54, 1.807) is 17.0 Å². The summed E-state index contributed by atoms with van der Waals surface area (Å²) in [7, 11) is 0. The number of hydrogen-bond donors (Lipinski definition) is 0. The smallest absolute Gasteiger partial charge is 0.284 e. The number of nitro benzene ring substituents is 1. The van der Waals surface area contributed by atoms with Crippen molar-refractivity contribution < 1.29 is 9.72 Å². The van der Waals surface area contributed by atoms with Crippen molar-refractivity contribution in [2.45, 2.75) is 46.1 Å². The van der Waals surface area contributed by atoms with Crippen LogP contribution in [0, 0.1) is 10.1 Å². The fourth-order valence-electron chi connectivity index (χ4n) is 2.02. The van der Waals surface area contributed by atoms with Gasteiger partial charge in [-0.3, -0.25) is 14.9 Å². The molecular formula is C15H21BrN2O3. The van der Waals surface area contributed by atoms with E-state index in [1.165, 1.54) is 6.07 Å². The highest BCUT2D eigenvalue weighted by Gasteiger charge is 2.22. The quantitative estimate of drug-likeness (QED) is 0.537. The summed E-state index contributed by atoms with van der Waals surface area (Å²) in [6.07, 6.45) is 2.78. The fourth-order valence-corrected chi connectivity index (χ4v) is 2.41. The highest BCUT2D eigenvalue weighted by atomic mass is 79.9. The summed E-state index contributed by atoms with van der Waals surface area (Å²) in [5.74, 6) is -0.145. The van der Waals surface area contributed by atoms with Crippen molar-refractivity contribution in [2.75, 3.05) is 6.54 Å². The Morgan fingerprint density at radius 3 is 2.62 bits per heavy atom. The van der Waals surface area contributed by atoms with Gasteiger partial charge in [-0.05, 0) is 47.8 Å². The molecule has 0 spiro atoms. The van der Waals surface area contributed by atoms with Crippen LogP contribution in [0.25, 0.3) is 0 Å². The maximum Gasteiger partial charge on any atom is 0.284 e. The van der Waals surface area contributed by atoms with Gasteiger partial charge in [-0.25, -0.2) is 0 Å². The average Bonchev–Trinajstić information content (AvgIpc) is 2.47. The average molecular weight is 357 g/mol. The van der Waals surface area contributed by atoms with Crippen molar-refractivity contribution in [2.24, 2.45) is 0 Å². The number of nitro groups is 1. The van der Waals surface area contributed by atoms with Gasteiger partial charge in [-0.15, -0.1) is 0 Å². The van der Waals surface area contributed by atoms with Crippen LogP contribution in [0.4, 0.5) is 5.69 Å². The lowest BCUT2D eigenvalue weighted by atomic mass is 10.1. The molecule has 1 amide bonds. The van der Waals surface area contributed by atoms with E-state index in [0.29, 0.717) is 16.6 Å². The second-order valence-electron chi connectivity index (χ2n) is 5.03. The van der Waals surface area contributed by atoms with Crippen molar-refractivity contribution in [3.63, 3.8) is 0 Å². The topological polar surface area (TPSA) is 63.5 Å². The van der Waals surface area contributed by atoms with Crippen molar-refractivity contribution >= 4 is 27.5 Å². The Bertz CT molecular complexity index is 520. The van der Waals surface area contributed by atoms with Gasteiger partial charge >= 0.3 is 0 Å². The standard InChI is InChI=1S/C15H21BrN2O3/c1-4-6-9-17(11(3)5-2)15(19)12-7-8-13(16)14(10-12)18(20)21/h7-8,10-11H,4-6,9H2,1-3H3. The lowest BCUT2D eigenvalue weighted by molar-refractivity contribution is -0.385. The molecule has 0 heterocycles. The van der Waals surface area contributed by atoms with E-state index in [0.717, 1.165) is 19.3 Å². The van der Waals surface area contributed by atoms with E-state index < -0.39 is 4.92 Å². The number of rotatable bonds is 7. The molecule has 0 fully saturated rings. The van der Waals surface area contributed by atoms with Crippen LogP contribution in [0.5, 0.6) is 0 Å². The molecule has 0 bridgehead atoms. The first-order valence-electron chi connectivity index (χ1n) is 7.17. The van der Waals surface area contributed by atoms with Crippen LogP contribution < -0.4 is 0 Å². The van der Waals surface area contributed by atoms with Gasteiger partial charge in [0.05, 0.1) is 9.40 Å². The maximum absolute atomic E-state index is 12.6. The molecule has 0 N–H and O–H groups in total. The third kappa shape index (κ3) is 4.52. The van der Waals surface area contributed by atoms with Gasteiger partial charge in [0.2, 0.25) is 0 Å². The van der Waals surface area contributed by atoms with Gasteiger partial charge in [-0.1, -0.05) is 20.3 Å². The van der Waals surface area contributed by atoms with Crippen LogP contribution in [0.15, 0.2) is 22.7 Å². The molecule has 5 nitrogen and oxygen atoms in total. The Hall–Kier alpha value is -1.43. The van der Waals surface area contributed by atoms with E-state index in [9.17, 15) is 14.9 Å². The third-order valence-corrected chi connectivity index (χ3v) is 4.20. The number of halogens is 1. The second kappa shape index (κ2) is 8.12. The molecule has 0 radical (unpaired) electrons. The first-order chi connectivity index (χ1) is 9.92. The number of benzene rings is 1. The predicted molar refractivity (Wildman–Crippen MR) is 86.5 cm³/mol. The first kappa shape index (κ1) is 17.6. The van der Waals surface area contributed by atoms with E-state index in [-0.39, 0.29) is 17.6 Å². The zero-order chi connectivity index (χ0) is 16.0. The molecular weight excluding hydrogens is 336 g/mol. The monoisotopic (exact) mass is 356 g/mol. The van der Waals surface area contributed by atoms with Gasteiger partial charge in [0.15, 0.2) is 0 Å². The number of carbonyl (C=O) groups excluding carboxylic acids is 1. The Kier molecular flexibility index (Phi) is 6.81. The molecule has 1 aromatic carbocycles. The van der Waals surface area contributed by atoms with Gasteiger partial charge in [0.1, 0.15) is 0 Å². The molecule has 1 aromatic rings. The second-order valence-corrected chi connectivity index (χ2v) is 5.89. The van der Waals surface area contributed by atoms with Crippen LogP contribution in [0.2, 0.25) is 0 Å². The summed E-state index contributed by atoms with van der Waals surface area (Å²) in [4.78, 5) is 24.9. The highest BCUT2D eigenvalue weighted by molar-refractivity contribution is 9.10. The van der Waals surface area contributed by atoms with Crippen LogP contribution >= 0.6 is 15.9 Å². The summed E-state index contributed by atoms with van der Waals surface area (Å²) in [5.41, 5.74) is 0.279. The van der Waals surface area contributed by atoms with Gasteiger partial charge in [0, 0.05) is 24.2 Å². The van der Waals surface area contributed by atoms with E-state index in [2.05, 4.69) is 22.9 Å². The minimum absolute atomic E-state index is 0.0829. The lowest BCUT2D eigenvalue weighted by Crippen LogP contribution is -2.39. The molecule has 1 unspecified atom stereocenters. The van der Waals surface area contributed by atoms with Crippen LogP contribution in [-0.2, 0) is 0 Å². The molecule has 6 heteroatoms. The molecule has 21 heavy (non-hydrogen) atoms. The Morgan fingerprint density at radius 2 is 2.10 bits per heavy atom. The van der Waals surface area contributed by atoms with Gasteiger partial charge < -0.3 is 4.90 Å². The Balaban J connectivity index is 3.08. The number of amides is 1. The fraction of sp³-hybridized carbons (Fsp3) is 0.533. The van der Waals surface area contributed by atoms with Crippen LogP contribution in [0.1, 0.15) is 50.4 Å². The zero-order valence-corrected chi connectivity index (χ0v) is 14.2. The summed E-state index contributed by atoms with van der Waals surface area (Å²) in [6.45, 7) is 6.78. The number of hydrogen-bond acceptors (Lipinski definition) is 3. The molecule has 1 rings (SSSR count). The number of carbonyl (C=O) groups is 1. The van der Waals surface area contributed by atoms with Crippen molar-refractivity contribution in [1.29, 1.82) is 0 Å². The minimum Gasteiger partial charge on any atom is -0.336 e. The molecule has 0 aliphatic carbocycles. The minimum atomic E-state index is -0.486. The predicted octanol–water partition coefficient (Wildman–Crippen LogP) is 4.40. The maximum atomic E-state index is 12.6. The zero-order valence-electron chi connectivity index (χ0n) is 12.6. The number of nitrogens with zero attached hydrogens (tertiary/aromatic N) is 2. The molecule has 0 saturated heterocycles. The molecule has 0 aliphatic heterocycles. The molecule has 0 aliphatic rings. The van der Waals surface area contributed by atoms with E-state index >= 15 is 0 Å². The van der Waals surface area contributed by atoms with Gasteiger partial charge in [0.25, 0.3) is 11.6 Å². The van der Waals surface area contributed by atoms with Crippen molar-refractivity contribution in [3.05, 3.63) is 38.3 Å². The Morgan fingerprint density at radius 1 is 1.43 bits per heavy atom. The van der Waals surface area contributed by atoms with Crippen LogP contribution in [-0.4, -0.2) is 28.3 Å². The Labute approximate surface area is 133 Å². The highest BCUT2D eigenvalue weighted by Crippen LogP contribution is 2.26. The third-order valence-electron chi connectivity index (χ3n) is 3.53. The number of unbranched alkanes of at least 4 members (excludes halogenated alkanes) is 1. The first-order valence-corrected chi connectivity index (χ1v) is 7.96. The largest absolute Gasteiger partial charge is 0.336 e. The molecule has 0 saturated carbocycles. The van der Waals surface area contributed by atoms with Gasteiger partial charge in [-0.2, -0.15) is 0 Å². The normalized spacial score (nSPS) is 12.0. The molecule has 0 aromatic heterocycles. The van der Waals surface area contributed by atoms with Crippen molar-refractivity contribution in [3.8, 4) is 0 Å². The van der Waals surface area contributed by atoms with Crippen molar-refractivity contribution in [1.82, 2.24) is 4.90 Å². The van der Waals surface area contributed by atoms with Crippen LogP contribution in [0.3, 0.4) is 0 Å². The lowest BCUT2D eigenvalue weighted by Gasteiger charge is -2.28. The van der Waals surface area contributed by atoms with E-state index in [1.807, 2.05) is 13.8 Å². The molecule has 116 valence electrons. The summed E-state index contributed by atoms with van der Waals surface area (Å²) >= 11 is 3.14. The molecule has 1 atom stereocenters. The summed E-state index contributed by atoms with van der Waals surface area (Å²) < 4.78 is 0.382. The van der Waals surface area contributed by atoms with E-state index in [4.69, 9.17) is 0 Å². The SMILES string of the molecule is CCCCN(C(=O)c1ccc(Br)c([N+](=O)[O-])c1)C(C)CC. The summed E-state index contributed by atoms with van der Waals surface area (Å²) in [5, 5.41) is 11.0. The summed E-state index contributed by atoms with van der Waals surface area (Å²) in [6, 6.07) is 4.64.